The number of carbonyl (C=O) groups is 1. The molecule has 0 aromatic heterocycles. The van der Waals surface area contributed by atoms with E-state index in [0.29, 0.717) is 11.5 Å². The number of benzene rings is 2. The molecular weight excluding hydrogens is 332 g/mol. The number of amides is 1. The monoisotopic (exact) mass is 351 g/mol. The molecule has 25 heavy (non-hydrogen) atoms. The Kier molecular flexibility index (Phi) is 6.16. The zero-order valence-electron chi connectivity index (χ0n) is 13.9. The predicted molar refractivity (Wildman–Crippen MR) is 88.2 cm³/mol. The average Bonchev–Trinajstić information content (AvgIpc) is 2.51. The Morgan fingerprint density at radius 2 is 1.60 bits per heavy atom. The van der Waals surface area contributed by atoms with Crippen molar-refractivity contribution in [3.05, 3.63) is 54.1 Å². The van der Waals surface area contributed by atoms with Crippen LogP contribution in [0.5, 0.6) is 17.2 Å². The molecule has 2 rings (SSSR count). The van der Waals surface area contributed by atoms with Crippen LogP contribution in [0.3, 0.4) is 0 Å². The number of ether oxygens (including phenoxy) is 2. The molecule has 0 atom stereocenters. The highest BCUT2D eigenvalue weighted by Crippen LogP contribution is 2.25. The van der Waals surface area contributed by atoms with Gasteiger partial charge in [0.1, 0.15) is 35.5 Å². The molecule has 0 heterocycles. The smallest absolute Gasteiger partial charge is 0.407 e. The van der Waals surface area contributed by atoms with Crippen molar-refractivity contribution < 1.29 is 28.2 Å². The normalized spacial score (nSPS) is 10.6. The van der Waals surface area contributed by atoms with Gasteiger partial charge in [0.2, 0.25) is 0 Å². The maximum atomic E-state index is 13.1. The Morgan fingerprint density at radius 3 is 2.12 bits per heavy atom. The average molecular weight is 351 g/mol. The first kappa shape index (κ1) is 18.5. The van der Waals surface area contributed by atoms with Gasteiger partial charge in [0.05, 0.1) is 6.54 Å². The van der Waals surface area contributed by atoms with Gasteiger partial charge in [0.15, 0.2) is 0 Å². The molecule has 0 fully saturated rings. The van der Waals surface area contributed by atoms with E-state index in [0.717, 1.165) is 18.2 Å². The van der Waals surface area contributed by atoms with E-state index in [1.807, 2.05) is 0 Å². The van der Waals surface area contributed by atoms with Gasteiger partial charge in [-0.1, -0.05) is 0 Å². The first-order valence-corrected chi connectivity index (χ1v) is 7.71. The van der Waals surface area contributed by atoms with Gasteiger partial charge < -0.3 is 19.5 Å². The molecule has 0 aliphatic rings. The molecule has 0 bridgehead atoms. The summed E-state index contributed by atoms with van der Waals surface area (Å²) in [4.78, 5) is 12.3. The van der Waals surface area contributed by atoms with Crippen LogP contribution < -0.4 is 9.47 Å². The summed E-state index contributed by atoms with van der Waals surface area (Å²) in [6.45, 7) is 4.03. The van der Waals surface area contributed by atoms with Crippen LogP contribution in [0.2, 0.25) is 0 Å². The fourth-order valence-corrected chi connectivity index (χ4v) is 2.16. The highest BCUT2D eigenvalue weighted by Gasteiger charge is 2.15. The highest BCUT2D eigenvalue weighted by atomic mass is 19.1. The number of nitrogens with zero attached hydrogens (tertiary/aromatic N) is 1. The molecular formula is C18H19F2NO4. The van der Waals surface area contributed by atoms with E-state index >= 15 is 0 Å². The molecule has 0 radical (unpaired) electrons. The Balaban J connectivity index is 1.90. The third-order valence-electron chi connectivity index (χ3n) is 3.37. The zero-order chi connectivity index (χ0) is 18.4. The third kappa shape index (κ3) is 5.63. The van der Waals surface area contributed by atoms with Crippen LogP contribution in [-0.2, 0) is 0 Å². The Bertz CT molecular complexity index is 699. The second kappa shape index (κ2) is 8.32. The Labute approximate surface area is 144 Å². The number of carboxylic acid groups (broad SMARTS) is 1. The molecule has 2 aromatic rings. The standard InChI is InChI=1S/C18H19F2NO4/c1-12(2)21(18(22)23)7-8-24-15-3-5-16(6-4-15)25-17-10-13(19)9-14(20)11-17/h3-6,9-12H,7-8H2,1-2H3,(H,22,23). The van der Waals surface area contributed by atoms with Gasteiger partial charge in [-0.2, -0.15) is 0 Å². The van der Waals surface area contributed by atoms with E-state index < -0.39 is 17.7 Å². The molecule has 0 saturated carbocycles. The van der Waals surface area contributed by atoms with E-state index in [2.05, 4.69) is 0 Å². The Morgan fingerprint density at radius 1 is 1.04 bits per heavy atom. The molecule has 0 aliphatic heterocycles. The summed E-state index contributed by atoms with van der Waals surface area (Å²) in [5.74, 6) is -0.454. The maximum Gasteiger partial charge on any atom is 0.407 e. The topological polar surface area (TPSA) is 59.0 Å². The largest absolute Gasteiger partial charge is 0.492 e. The minimum atomic E-state index is -0.996. The second-order valence-electron chi connectivity index (χ2n) is 5.60. The quantitative estimate of drug-likeness (QED) is 0.796. The van der Waals surface area contributed by atoms with Crippen molar-refractivity contribution in [1.82, 2.24) is 4.90 Å². The summed E-state index contributed by atoms with van der Waals surface area (Å²) in [5.41, 5.74) is 0. The summed E-state index contributed by atoms with van der Waals surface area (Å²) in [6.07, 6.45) is -0.996. The second-order valence-corrected chi connectivity index (χ2v) is 5.60. The van der Waals surface area contributed by atoms with Gasteiger partial charge >= 0.3 is 6.09 Å². The van der Waals surface area contributed by atoms with Gasteiger partial charge in [0.25, 0.3) is 0 Å². The van der Waals surface area contributed by atoms with E-state index in [9.17, 15) is 13.6 Å². The Hall–Kier alpha value is -2.83. The van der Waals surface area contributed by atoms with E-state index in [4.69, 9.17) is 14.6 Å². The van der Waals surface area contributed by atoms with Crippen molar-refractivity contribution in [2.75, 3.05) is 13.2 Å². The first-order valence-electron chi connectivity index (χ1n) is 7.71. The molecule has 5 nitrogen and oxygen atoms in total. The number of rotatable bonds is 7. The van der Waals surface area contributed by atoms with E-state index in [1.54, 1.807) is 38.1 Å². The molecule has 7 heteroatoms. The lowest BCUT2D eigenvalue weighted by atomic mass is 10.3. The van der Waals surface area contributed by atoms with Gasteiger partial charge in [-0.15, -0.1) is 0 Å². The summed E-state index contributed by atoms with van der Waals surface area (Å²) in [6, 6.07) is 9.24. The van der Waals surface area contributed by atoms with E-state index in [1.165, 1.54) is 4.90 Å². The lowest BCUT2D eigenvalue weighted by Gasteiger charge is -2.23. The van der Waals surface area contributed by atoms with Crippen molar-refractivity contribution in [2.24, 2.45) is 0 Å². The van der Waals surface area contributed by atoms with Crippen molar-refractivity contribution in [3.63, 3.8) is 0 Å². The molecule has 1 N–H and O–H groups in total. The van der Waals surface area contributed by atoms with Crippen LogP contribution in [0, 0.1) is 11.6 Å². The molecule has 134 valence electrons. The van der Waals surface area contributed by atoms with Crippen molar-refractivity contribution >= 4 is 6.09 Å². The predicted octanol–water partition coefficient (Wildman–Crippen LogP) is 4.52. The fraction of sp³-hybridized carbons (Fsp3) is 0.278. The summed E-state index contributed by atoms with van der Waals surface area (Å²) in [7, 11) is 0. The van der Waals surface area contributed by atoms with Gasteiger partial charge in [0, 0.05) is 24.2 Å². The molecule has 0 saturated heterocycles. The highest BCUT2D eigenvalue weighted by molar-refractivity contribution is 5.65. The van der Waals surface area contributed by atoms with Crippen LogP contribution in [0.15, 0.2) is 42.5 Å². The maximum absolute atomic E-state index is 13.1. The lowest BCUT2D eigenvalue weighted by Crippen LogP contribution is -2.38. The minimum Gasteiger partial charge on any atom is -0.492 e. The van der Waals surface area contributed by atoms with Crippen LogP contribution >= 0.6 is 0 Å². The van der Waals surface area contributed by atoms with Gasteiger partial charge in [-0.3, -0.25) is 0 Å². The number of halogens is 2. The zero-order valence-corrected chi connectivity index (χ0v) is 13.9. The number of hydrogen-bond acceptors (Lipinski definition) is 3. The van der Waals surface area contributed by atoms with Crippen LogP contribution in [0.1, 0.15) is 13.8 Å². The van der Waals surface area contributed by atoms with E-state index in [-0.39, 0.29) is 24.9 Å². The molecule has 1 amide bonds. The third-order valence-corrected chi connectivity index (χ3v) is 3.37. The van der Waals surface area contributed by atoms with Crippen molar-refractivity contribution in [2.45, 2.75) is 19.9 Å². The molecule has 0 spiro atoms. The van der Waals surface area contributed by atoms with Crippen molar-refractivity contribution in [3.8, 4) is 17.2 Å². The minimum absolute atomic E-state index is 0.0557. The van der Waals surface area contributed by atoms with Crippen LogP contribution in [0.4, 0.5) is 13.6 Å². The first-order chi connectivity index (χ1) is 11.8. The molecule has 0 aliphatic carbocycles. The summed E-state index contributed by atoms with van der Waals surface area (Å²) in [5, 5.41) is 9.06. The fourth-order valence-electron chi connectivity index (χ4n) is 2.16. The van der Waals surface area contributed by atoms with Gasteiger partial charge in [-0.05, 0) is 38.1 Å². The van der Waals surface area contributed by atoms with Crippen LogP contribution in [-0.4, -0.2) is 35.3 Å². The molecule has 0 unspecified atom stereocenters. The van der Waals surface area contributed by atoms with Gasteiger partial charge in [-0.25, -0.2) is 13.6 Å². The van der Waals surface area contributed by atoms with Crippen LogP contribution in [0.25, 0.3) is 0 Å². The lowest BCUT2D eigenvalue weighted by molar-refractivity contribution is 0.121. The summed E-state index contributed by atoms with van der Waals surface area (Å²) < 4.78 is 37.1. The number of hydrogen-bond donors (Lipinski definition) is 1. The summed E-state index contributed by atoms with van der Waals surface area (Å²) >= 11 is 0. The SMILES string of the molecule is CC(C)N(CCOc1ccc(Oc2cc(F)cc(F)c2)cc1)C(=O)O. The molecule has 2 aromatic carbocycles. The van der Waals surface area contributed by atoms with Crippen molar-refractivity contribution in [1.29, 1.82) is 0 Å².